The van der Waals surface area contributed by atoms with E-state index >= 15 is 0 Å². The molecule has 0 N–H and O–H groups in total. The Morgan fingerprint density at radius 2 is 1.59 bits per heavy atom. The molecule has 0 radical (unpaired) electrons. The molecule has 29 heavy (non-hydrogen) atoms. The molecule has 1 saturated heterocycles. The Morgan fingerprint density at radius 1 is 1.00 bits per heavy atom. The van der Waals surface area contributed by atoms with Crippen LogP contribution < -0.4 is 4.90 Å². The van der Waals surface area contributed by atoms with Crippen LogP contribution in [0.25, 0.3) is 0 Å². The predicted molar refractivity (Wildman–Crippen MR) is 106 cm³/mol. The maximum absolute atomic E-state index is 12.5. The molecule has 3 amide bonds. The summed E-state index contributed by atoms with van der Waals surface area (Å²) in [6.07, 6.45) is -0.466. The molecule has 0 saturated carbocycles. The fourth-order valence-electron chi connectivity index (χ4n) is 3.06. The van der Waals surface area contributed by atoms with E-state index in [2.05, 4.69) is 0 Å². The molecule has 2 aromatic rings. The summed E-state index contributed by atoms with van der Waals surface area (Å²) in [4.78, 5) is 50.9. The van der Waals surface area contributed by atoms with Gasteiger partial charge in [0.05, 0.1) is 12.1 Å². The molecule has 7 nitrogen and oxygen atoms in total. The number of hydrogen-bond acceptors (Lipinski definition) is 5. The van der Waals surface area contributed by atoms with Crippen LogP contribution in [0.3, 0.4) is 0 Å². The van der Waals surface area contributed by atoms with E-state index in [1.807, 2.05) is 18.2 Å². The Balaban J connectivity index is 1.59. The molecule has 1 unspecified atom stereocenters. The number of carbonyl (C=O) groups excluding carboxylic acids is 4. The Labute approximate surface area is 168 Å². The largest absolute Gasteiger partial charge is 0.449 e. The third kappa shape index (κ3) is 4.68. The monoisotopic (exact) mass is 394 g/mol. The van der Waals surface area contributed by atoms with Gasteiger partial charge in [-0.2, -0.15) is 0 Å². The number of nitrogens with zero attached hydrogens (tertiary/aromatic N) is 2. The fraction of sp³-hybridized carbons (Fsp3) is 0.273. The number of benzene rings is 2. The van der Waals surface area contributed by atoms with Crippen LogP contribution >= 0.6 is 0 Å². The molecule has 7 heteroatoms. The summed E-state index contributed by atoms with van der Waals surface area (Å²) in [6.45, 7) is 1.71. The zero-order valence-electron chi connectivity index (χ0n) is 16.3. The van der Waals surface area contributed by atoms with Gasteiger partial charge in [-0.25, -0.2) is 4.79 Å². The molecule has 3 rings (SSSR count). The van der Waals surface area contributed by atoms with Crippen LogP contribution in [0.4, 0.5) is 5.69 Å². The van der Waals surface area contributed by atoms with Gasteiger partial charge in [0.15, 0.2) is 6.10 Å². The number of rotatable bonds is 6. The maximum Gasteiger partial charge on any atom is 0.338 e. The van der Waals surface area contributed by atoms with Gasteiger partial charge >= 0.3 is 5.97 Å². The number of amides is 3. The minimum Gasteiger partial charge on any atom is -0.449 e. The number of anilines is 1. The summed E-state index contributed by atoms with van der Waals surface area (Å²) in [5.74, 6) is -1.33. The summed E-state index contributed by atoms with van der Waals surface area (Å²) in [7, 11) is 1.62. The lowest BCUT2D eigenvalue weighted by atomic mass is 10.1. The number of carbonyl (C=O) groups is 4. The molecule has 0 spiro atoms. The number of likely N-dealkylation sites (tertiary alicyclic amines) is 1. The van der Waals surface area contributed by atoms with Crippen molar-refractivity contribution in [1.82, 2.24) is 4.90 Å². The molecule has 1 aliphatic rings. The molecule has 2 aromatic carbocycles. The minimum absolute atomic E-state index is 0.184. The Hall–Kier alpha value is -3.48. The zero-order chi connectivity index (χ0) is 21.0. The average molecular weight is 394 g/mol. The van der Waals surface area contributed by atoms with E-state index < -0.39 is 12.1 Å². The maximum atomic E-state index is 12.5. The highest BCUT2D eigenvalue weighted by molar-refractivity contribution is 6.02. The number of para-hydroxylation sites is 1. The molecule has 1 heterocycles. The molecular weight excluding hydrogens is 372 g/mol. The van der Waals surface area contributed by atoms with E-state index in [1.165, 1.54) is 16.7 Å². The van der Waals surface area contributed by atoms with Crippen molar-refractivity contribution in [2.45, 2.75) is 32.4 Å². The molecule has 0 bridgehead atoms. The summed E-state index contributed by atoms with van der Waals surface area (Å²) >= 11 is 0. The van der Waals surface area contributed by atoms with Crippen LogP contribution in [0.5, 0.6) is 0 Å². The summed E-state index contributed by atoms with van der Waals surface area (Å²) < 4.78 is 5.30. The third-order valence-electron chi connectivity index (χ3n) is 4.79. The minimum atomic E-state index is -0.952. The van der Waals surface area contributed by atoms with Crippen molar-refractivity contribution in [2.24, 2.45) is 0 Å². The summed E-state index contributed by atoms with van der Waals surface area (Å²) in [5, 5.41) is 0. The normalized spacial score (nSPS) is 14.6. The Bertz CT molecular complexity index is 908. The second-order valence-corrected chi connectivity index (χ2v) is 6.85. The van der Waals surface area contributed by atoms with Crippen molar-refractivity contribution in [3.05, 3.63) is 65.7 Å². The van der Waals surface area contributed by atoms with Crippen molar-refractivity contribution in [1.29, 1.82) is 0 Å². The second kappa shape index (κ2) is 8.68. The van der Waals surface area contributed by atoms with Gasteiger partial charge in [-0.1, -0.05) is 30.3 Å². The summed E-state index contributed by atoms with van der Waals surface area (Å²) in [5.41, 5.74) is 1.73. The lowest BCUT2D eigenvalue weighted by Gasteiger charge is -2.21. The molecular formula is C22H22N2O5. The highest BCUT2D eigenvalue weighted by atomic mass is 16.5. The van der Waals surface area contributed by atoms with Crippen LogP contribution in [0.1, 0.15) is 35.7 Å². The SMILES string of the molecule is CC(OC(=O)c1ccc(CN2C(=O)CCC2=O)cc1)C(=O)N(C)c1ccccc1. The smallest absolute Gasteiger partial charge is 0.338 e. The number of esters is 1. The van der Waals surface area contributed by atoms with Gasteiger partial charge in [0.2, 0.25) is 11.8 Å². The van der Waals surface area contributed by atoms with E-state index in [9.17, 15) is 19.2 Å². The highest BCUT2D eigenvalue weighted by Gasteiger charge is 2.28. The highest BCUT2D eigenvalue weighted by Crippen LogP contribution is 2.17. The molecule has 1 atom stereocenters. The first-order valence-electron chi connectivity index (χ1n) is 9.32. The molecule has 0 aliphatic carbocycles. The number of likely N-dealkylation sites (N-methyl/N-ethyl adjacent to an activating group) is 1. The Kier molecular flexibility index (Phi) is 6.07. The summed E-state index contributed by atoms with van der Waals surface area (Å²) in [6, 6.07) is 15.5. The first-order valence-corrected chi connectivity index (χ1v) is 9.32. The van der Waals surface area contributed by atoms with Crippen LogP contribution in [0.15, 0.2) is 54.6 Å². The van der Waals surface area contributed by atoms with E-state index in [0.29, 0.717) is 5.69 Å². The van der Waals surface area contributed by atoms with Crippen molar-refractivity contribution < 1.29 is 23.9 Å². The van der Waals surface area contributed by atoms with Crippen LogP contribution in [-0.2, 0) is 25.7 Å². The van der Waals surface area contributed by atoms with E-state index in [1.54, 1.807) is 43.4 Å². The third-order valence-corrected chi connectivity index (χ3v) is 4.79. The number of ether oxygens (including phenoxy) is 1. The number of hydrogen-bond donors (Lipinski definition) is 0. The number of imide groups is 1. The van der Waals surface area contributed by atoms with E-state index in [0.717, 1.165) is 5.56 Å². The van der Waals surface area contributed by atoms with Crippen LogP contribution in [0, 0.1) is 0 Å². The van der Waals surface area contributed by atoms with Crippen LogP contribution in [-0.4, -0.2) is 41.7 Å². The topological polar surface area (TPSA) is 84.0 Å². The van der Waals surface area contributed by atoms with Crippen molar-refractivity contribution in [3.8, 4) is 0 Å². The van der Waals surface area contributed by atoms with Gasteiger partial charge in [0.25, 0.3) is 5.91 Å². The Morgan fingerprint density at radius 3 is 2.17 bits per heavy atom. The van der Waals surface area contributed by atoms with Crippen molar-refractivity contribution in [2.75, 3.05) is 11.9 Å². The van der Waals surface area contributed by atoms with E-state index in [4.69, 9.17) is 4.74 Å². The lowest BCUT2D eigenvalue weighted by molar-refractivity contribution is -0.139. The standard InChI is InChI=1S/C22H22N2O5/c1-15(21(27)23(2)18-6-4-3-5-7-18)29-22(28)17-10-8-16(9-11-17)14-24-19(25)12-13-20(24)26/h3-11,15H,12-14H2,1-2H3. The fourth-order valence-corrected chi connectivity index (χ4v) is 3.06. The van der Waals surface area contributed by atoms with Gasteiger partial charge in [-0.3, -0.25) is 19.3 Å². The van der Waals surface area contributed by atoms with Gasteiger partial charge in [-0.05, 0) is 36.8 Å². The predicted octanol–water partition coefficient (Wildman–Crippen LogP) is 2.54. The van der Waals surface area contributed by atoms with Gasteiger partial charge in [-0.15, -0.1) is 0 Å². The second-order valence-electron chi connectivity index (χ2n) is 6.85. The van der Waals surface area contributed by atoms with Crippen molar-refractivity contribution in [3.63, 3.8) is 0 Å². The average Bonchev–Trinajstić information content (AvgIpc) is 3.05. The first kappa shape index (κ1) is 20.3. The molecule has 1 aliphatic heterocycles. The quantitative estimate of drug-likeness (QED) is 0.555. The molecule has 150 valence electrons. The van der Waals surface area contributed by atoms with Crippen LogP contribution in [0.2, 0.25) is 0 Å². The van der Waals surface area contributed by atoms with Gasteiger partial charge in [0, 0.05) is 25.6 Å². The lowest BCUT2D eigenvalue weighted by Crippen LogP contribution is -2.37. The van der Waals surface area contributed by atoms with E-state index in [-0.39, 0.29) is 42.7 Å². The van der Waals surface area contributed by atoms with Gasteiger partial charge in [0.1, 0.15) is 0 Å². The first-order chi connectivity index (χ1) is 13.9. The molecule has 1 fully saturated rings. The van der Waals surface area contributed by atoms with Crippen molar-refractivity contribution >= 4 is 29.4 Å². The van der Waals surface area contributed by atoms with Gasteiger partial charge < -0.3 is 9.64 Å². The zero-order valence-corrected chi connectivity index (χ0v) is 16.3. The molecule has 0 aromatic heterocycles.